The van der Waals surface area contributed by atoms with Gasteiger partial charge >= 0.3 is 5.97 Å². The zero-order valence-corrected chi connectivity index (χ0v) is 9.32. The van der Waals surface area contributed by atoms with Gasteiger partial charge in [0, 0.05) is 6.42 Å². The van der Waals surface area contributed by atoms with Crippen LogP contribution in [0.1, 0.15) is 33.6 Å². The smallest absolute Gasteiger partial charge is 0.306 e. The van der Waals surface area contributed by atoms with Crippen molar-refractivity contribution in [3.8, 4) is 0 Å². The molecule has 0 amide bonds. The molecule has 14 heavy (non-hydrogen) atoms. The minimum absolute atomic E-state index is 0.0977. The predicted octanol–water partition coefficient (Wildman–Crippen LogP) is 3.10. The minimum Gasteiger partial charge on any atom is -0.465 e. The molecule has 0 aromatic heterocycles. The first-order valence-electron chi connectivity index (χ1n) is 5.10. The van der Waals surface area contributed by atoms with Gasteiger partial charge in [0.05, 0.1) is 6.61 Å². The van der Waals surface area contributed by atoms with E-state index in [9.17, 15) is 4.79 Å². The molecule has 0 rings (SSSR count). The van der Waals surface area contributed by atoms with Crippen molar-refractivity contribution in [3.05, 3.63) is 24.3 Å². The first-order valence-corrected chi connectivity index (χ1v) is 5.10. The second kappa shape index (κ2) is 8.54. The summed E-state index contributed by atoms with van der Waals surface area (Å²) in [6.07, 6.45) is 9.16. The van der Waals surface area contributed by atoms with Crippen molar-refractivity contribution in [3.63, 3.8) is 0 Å². The van der Waals surface area contributed by atoms with Gasteiger partial charge in [0.15, 0.2) is 0 Å². The predicted molar refractivity (Wildman–Crippen MR) is 59.0 cm³/mol. The molecule has 0 heterocycles. The van der Waals surface area contributed by atoms with Crippen molar-refractivity contribution in [2.24, 2.45) is 5.92 Å². The summed E-state index contributed by atoms with van der Waals surface area (Å²) in [5.74, 6) is 0.278. The van der Waals surface area contributed by atoms with Gasteiger partial charge in [-0.1, -0.05) is 38.2 Å². The van der Waals surface area contributed by atoms with E-state index >= 15 is 0 Å². The largest absolute Gasteiger partial charge is 0.465 e. The summed E-state index contributed by atoms with van der Waals surface area (Å²) in [6, 6.07) is 0. The zero-order chi connectivity index (χ0) is 10.8. The van der Waals surface area contributed by atoms with Gasteiger partial charge in [-0.25, -0.2) is 0 Å². The molecule has 0 fully saturated rings. The third-order valence-electron chi connectivity index (χ3n) is 1.56. The van der Waals surface area contributed by atoms with Crippen LogP contribution in [0.2, 0.25) is 0 Å². The van der Waals surface area contributed by atoms with Crippen LogP contribution in [-0.2, 0) is 9.53 Å². The molecule has 0 saturated heterocycles. The van der Waals surface area contributed by atoms with E-state index in [1.54, 1.807) is 0 Å². The van der Waals surface area contributed by atoms with Crippen LogP contribution in [0.25, 0.3) is 0 Å². The van der Waals surface area contributed by atoms with E-state index in [-0.39, 0.29) is 5.97 Å². The highest BCUT2D eigenvalue weighted by molar-refractivity contribution is 5.69. The van der Waals surface area contributed by atoms with Crippen molar-refractivity contribution in [1.29, 1.82) is 0 Å². The van der Waals surface area contributed by atoms with Gasteiger partial charge in [-0.3, -0.25) is 4.79 Å². The molecule has 80 valence electrons. The molecule has 0 radical (unpaired) electrons. The van der Waals surface area contributed by atoms with Gasteiger partial charge in [0.25, 0.3) is 0 Å². The van der Waals surface area contributed by atoms with Gasteiger partial charge in [0.1, 0.15) is 0 Å². The fourth-order valence-corrected chi connectivity index (χ4v) is 0.919. The summed E-state index contributed by atoms with van der Waals surface area (Å²) in [7, 11) is 0. The molecule has 0 aromatic rings. The molecule has 2 heteroatoms. The Morgan fingerprint density at radius 2 is 2.07 bits per heavy atom. The van der Waals surface area contributed by atoms with Crippen LogP contribution < -0.4 is 0 Å². The first-order chi connectivity index (χ1) is 6.66. The molecule has 0 bridgehead atoms. The zero-order valence-electron chi connectivity index (χ0n) is 9.32. The Balaban J connectivity index is 3.40. The normalized spacial score (nSPS) is 11.7. The van der Waals surface area contributed by atoms with E-state index in [0.717, 1.165) is 6.42 Å². The number of carbonyl (C=O) groups excluding carboxylic acids is 1. The van der Waals surface area contributed by atoms with Gasteiger partial charge in [-0.2, -0.15) is 0 Å². The van der Waals surface area contributed by atoms with E-state index in [2.05, 4.69) is 0 Å². The van der Waals surface area contributed by atoms with Crippen molar-refractivity contribution in [2.75, 3.05) is 6.61 Å². The molecule has 0 aliphatic rings. The molecule has 0 aromatic carbocycles. The number of carbonyl (C=O) groups is 1. The van der Waals surface area contributed by atoms with Crippen LogP contribution in [0.5, 0.6) is 0 Å². The highest BCUT2D eigenvalue weighted by Crippen LogP contribution is 2.01. The van der Waals surface area contributed by atoms with E-state index in [1.807, 2.05) is 45.1 Å². The molecule has 2 nitrogen and oxygen atoms in total. The Hall–Kier alpha value is -1.05. The standard InChI is InChI=1S/C12H20O2/c1-4-5-6-7-8-9-14-12(13)10-11(2)3/h4-7,11H,8-10H2,1-3H3/b5-4+,7-6-. The highest BCUT2D eigenvalue weighted by Gasteiger charge is 2.04. The van der Waals surface area contributed by atoms with Crippen molar-refractivity contribution in [1.82, 2.24) is 0 Å². The molecular weight excluding hydrogens is 176 g/mol. The van der Waals surface area contributed by atoms with Crippen molar-refractivity contribution in [2.45, 2.75) is 33.6 Å². The fourth-order valence-electron chi connectivity index (χ4n) is 0.919. The lowest BCUT2D eigenvalue weighted by molar-refractivity contribution is -0.144. The molecule has 0 N–H and O–H groups in total. The van der Waals surface area contributed by atoms with Gasteiger partial charge in [0.2, 0.25) is 0 Å². The van der Waals surface area contributed by atoms with E-state index in [4.69, 9.17) is 4.74 Å². The van der Waals surface area contributed by atoms with E-state index < -0.39 is 0 Å². The Morgan fingerprint density at radius 3 is 2.64 bits per heavy atom. The molecular formula is C12H20O2. The summed E-state index contributed by atoms with van der Waals surface area (Å²) < 4.78 is 5.02. The third-order valence-corrected chi connectivity index (χ3v) is 1.56. The average Bonchev–Trinajstić information content (AvgIpc) is 2.10. The first kappa shape index (κ1) is 12.9. The lowest BCUT2D eigenvalue weighted by atomic mass is 10.1. The highest BCUT2D eigenvalue weighted by atomic mass is 16.5. The summed E-state index contributed by atoms with van der Waals surface area (Å²) in [4.78, 5) is 11.1. The number of hydrogen-bond acceptors (Lipinski definition) is 2. The second-order valence-corrected chi connectivity index (χ2v) is 3.56. The number of rotatable bonds is 6. The van der Waals surface area contributed by atoms with Crippen LogP contribution in [0.3, 0.4) is 0 Å². The maximum atomic E-state index is 11.1. The topological polar surface area (TPSA) is 26.3 Å². The summed E-state index contributed by atoms with van der Waals surface area (Å²) >= 11 is 0. The average molecular weight is 196 g/mol. The second-order valence-electron chi connectivity index (χ2n) is 3.56. The van der Waals surface area contributed by atoms with Crippen LogP contribution in [0.15, 0.2) is 24.3 Å². The SMILES string of the molecule is C/C=C/C=C\CCOC(=O)CC(C)C. The number of hydrogen-bond donors (Lipinski definition) is 0. The van der Waals surface area contributed by atoms with Crippen LogP contribution >= 0.6 is 0 Å². The lowest BCUT2D eigenvalue weighted by Crippen LogP contribution is -2.08. The van der Waals surface area contributed by atoms with Crippen molar-refractivity contribution < 1.29 is 9.53 Å². The minimum atomic E-state index is -0.0977. The van der Waals surface area contributed by atoms with Gasteiger partial charge < -0.3 is 4.74 Å². The van der Waals surface area contributed by atoms with Crippen LogP contribution in [0.4, 0.5) is 0 Å². The quantitative estimate of drug-likeness (QED) is 0.370. The van der Waals surface area contributed by atoms with Gasteiger partial charge in [-0.05, 0) is 19.3 Å². The van der Waals surface area contributed by atoms with Crippen LogP contribution in [0, 0.1) is 5.92 Å². The summed E-state index contributed by atoms with van der Waals surface area (Å²) in [5.41, 5.74) is 0. The van der Waals surface area contributed by atoms with Gasteiger partial charge in [-0.15, -0.1) is 0 Å². The molecule has 0 atom stereocenters. The molecule has 0 unspecified atom stereocenters. The van der Waals surface area contributed by atoms with E-state index in [0.29, 0.717) is 18.9 Å². The molecule has 0 aliphatic carbocycles. The maximum absolute atomic E-state index is 11.1. The summed E-state index contributed by atoms with van der Waals surface area (Å²) in [6.45, 7) is 6.47. The lowest BCUT2D eigenvalue weighted by Gasteiger charge is -2.04. The maximum Gasteiger partial charge on any atom is 0.306 e. The monoisotopic (exact) mass is 196 g/mol. The Bertz CT molecular complexity index is 202. The Labute approximate surface area is 86.6 Å². The number of esters is 1. The molecule has 0 aliphatic heterocycles. The molecule has 0 spiro atoms. The fraction of sp³-hybridized carbons (Fsp3) is 0.583. The van der Waals surface area contributed by atoms with Crippen molar-refractivity contribution >= 4 is 5.97 Å². The Morgan fingerprint density at radius 1 is 1.36 bits per heavy atom. The van der Waals surface area contributed by atoms with Crippen LogP contribution in [-0.4, -0.2) is 12.6 Å². The Kier molecular flexibility index (Phi) is 7.90. The summed E-state index contributed by atoms with van der Waals surface area (Å²) in [5, 5.41) is 0. The molecule has 0 saturated carbocycles. The third kappa shape index (κ3) is 9.04. The van der Waals surface area contributed by atoms with E-state index in [1.165, 1.54) is 0 Å². The number of allylic oxidation sites excluding steroid dienone is 3. The number of ether oxygens (including phenoxy) is 1.